The molecule has 2 aromatic rings. The van der Waals surface area contributed by atoms with E-state index in [-0.39, 0.29) is 6.42 Å². The molecule has 0 aliphatic carbocycles. The number of halogens is 1. The minimum absolute atomic E-state index is 0.145. The molecule has 0 saturated heterocycles. The summed E-state index contributed by atoms with van der Waals surface area (Å²) in [6.07, 6.45) is 1.54. The summed E-state index contributed by atoms with van der Waals surface area (Å²) in [6.45, 7) is 5.19. The Morgan fingerprint density at radius 2 is 1.93 bits per heavy atom. The molecule has 1 aliphatic heterocycles. The third-order valence-electron chi connectivity index (χ3n) is 5.08. The van der Waals surface area contributed by atoms with Crippen molar-refractivity contribution < 1.29 is 9.90 Å². The van der Waals surface area contributed by atoms with Crippen LogP contribution in [0.25, 0.3) is 0 Å². The number of nitrogens with zero attached hydrogens (tertiary/aromatic N) is 1. The van der Waals surface area contributed by atoms with Crippen molar-refractivity contribution in [3.05, 3.63) is 75.6 Å². The highest BCUT2D eigenvalue weighted by atomic mass is 35.5. The average Bonchev–Trinajstić information content (AvgIpc) is 2.70. The first kappa shape index (κ1) is 20.9. The number of allylic oxidation sites excluding steroid dienone is 1. The second-order valence-corrected chi connectivity index (χ2v) is 7.82. The number of carbonyl (C=O) groups is 1. The zero-order valence-electron chi connectivity index (χ0n) is 16.8. The third-order valence-corrected chi connectivity index (χ3v) is 5.54. The SMILES string of the molecule is CC(=N)/C(Cl)=C(\Nc1ccc(C)cc1)N1CCc2cc(CCC(=O)O)ccc2C1. The van der Waals surface area contributed by atoms with Gasteiger partial charge in [0, 0.05) is 25.2 Å². The maximum atomic E-state index is 10.8. The predicted octanol–water partition coefficient (Wildman–Crippen LogP) is 4.93. The lowest BCUT2D eigenvalue weighted by Gasteiger charge is -2.34. The first-order valence-electron chi connectivity index (χ1n) is 9.70. The van der Waals surface area contributed by atoms with Crippen LogP contribution in [0.1, 0.15) is 35.6 Å². The molecule has 1 heterocycles. The number of nitrogens with one attached hydrogen (secondary N) is 2. The molecule has 2 aromatic carbocycles. The molecule has 0 fully saturated rings. The Morgan fingerprint density at radius 1 is 1.21 bits per heavy atom. The summed E-state index contributed by atoms with van der Waals surface area (Å²) >= 11 is 6.51. The van der Waals surface area contributed by atoms with Crippen LogP contribution < -0.4 is 5.32 Å². The Bertz CT molecular complexity index is 951. The third kappa shape index (κ3) is 5.39. The number of aliphatic carboxylic acids is 1. The van der Waals surface area contributed by atoms with Gasteiger partial charge in [0.05, 0.1) is 5.71 Å². The molecule has 5 nitrogen and oxygen atoms in total. The first-order valence-corrected chi connectivity index (χ1v) is 10.1. The highest BCUT2D eigenvalue weighted by molar-refractivity contribution is 6.43. The van der Waals surface area contributed by atoms with Crippen molar-refractivity contribution in [3.8, 4) is 0 Å². The normalized spacial score (nSPS) is 14.1. The van der Waals surface area contributed by atoms with Gasteiger partial charge in [-0.1, -0.05) is 47.5 Å². The molecule has 0 aromatic heterocycles. The Labute approximate surface area is 176 Å². The van der Waals surface area contributed by atoms with Gasteiger partial charge in [-0.3, -0.25) is 4.79 Å². The molecule has 29 heavy (non-hydrogen) atoms. The highest BCUT2D eigenvalue weighted by Crippen LogP contribution is 2.27. The molecule has 3 N–H and O–H groups in total. The Morgan fingerprint density at radius 3 is 2.59 bits per heavy atom. The zero-order chi connectivity index (χ0) is 21.0. The van der Waals surface area contributed by atoms with Crippen molar-refractivity contribution in [1.82, 2.24) is 4.90 Å². The minimum Gasteiger partial charge on any atom is -0.481 e. The molecule has 3 rings (SSSR count). The van der Waals surface area contributed by atoms with Gasteiger partial charge in [-0.25, -0.2) is 0 Å². The van der Waals surface area contributed by atoms with Crippen LogP contribution >= 0.6 is 11.6 Å². The zero-order valence-corrected chi connectivity index (χ0v) is 17.5. The molecular formula is C23H26ClN3O2. The summed E-state index contributed by atoms with van der Waals surface area (Å²) < 4.78 is 0. The second-order valence-electron chi connectivity index (χ2n) is 7.45. The van der Waals surface area contributed by atoms with Crippen molar-refractivity contribution in [3.63, 3.8) is 0 Å². The van der Waals surface area contributed by atoms with E-state index in [4.69, 9.17) is 22.1 Å². The molecule has 152 valence electrons. The maximum Gasteiger partial charge on any atom is 0.303 e. The largest absolute Gasteiger partial charge is 0.481 e. The van der Waals surface area contributed by atoms with Crippen LogP contribution in [-0.2, 0) is 24.2 Å². The van der Waals surface area contributed by atoms with Crippen molar-refractivity contribution in [2.45, 2.75) is 39.7 Å². The van der Waals surface area contributed by atoms with E-state index in [0.29, 0.717) is 23.7 Å². The fourth-order valence-corrected chi connectivity index (χ4v) is 3.59. The number of aryl methyl sites for hydroxylation is 2. The van der Waals surface area contributed by atoms with Gasteiger partial charge in [-0.05, 0) is 55.5 Å². The second kappa shape index (κ2) is 9.14. The Hall–Kier alpha value is -2.79. The fourth-order valence-electron chi connectivity index (χ4n) is 3.43. The van der Waals surface area contributed by atoms with Gasteiger partial charge in [0.25, 0.3) is 0 Å². The summed E-state index contributed by atoms with van der Waals surface area (Å²) in [5.74, 6) is -0.0360. The molecule has 0 unspecified atom stereocenters. The number of benzene rings is 2. The number of rotatable bonds is 7. The molecule has 6 heteroatoms. The monoisotopic (exact) mass is 411 g/mol. The van der Waals surface area contributed by atoms with Gasteiger partial charge < -0.3 is 20.7 Å². The van der Waals surface area contributed by atoms with Crippen LogP contribution in [-0.4, -0.2) is 28.2 Å². The smallest absolute Gasteiger partial charge is 0.303 e. The maximum absolute atomic E-state index is 10.8. The minimum atomic E-state index is -0.775. The molecule has 0 bridgehead atoms. The summed E-state index contributed by atoms with van der Waals surface area (Å²) in [5, 5.41) is 20.7. The lowest BCUT2D eigenvalue weighted by atomic mass is 9.95. The summed E-state index contributed by atoms with van der Waals surface area (Å²) in [6, 6.07) is 14.3. The van der Waals surface area contributed by atoms with Crippen LogP contribution in [0.5, 0.6) is 0 Å². The molecule has 0 saturated carbocycles. The van der Waals surface area contributed by atoms with Gasteiger partial charge in [0.1, 0.15) is 10.9 Å². The summed E-state index contributed by atoms with van der Waals surface area (Å²) in [7, 11) is 0. The quantitative estimate of drug-likeness (QED) is 0.564. The summed E-state index contributed by atoms with van der Waals surface area (Å²) in [4.78, 5) is 13.0. The van der Waals surface area contributed by atoms with Gasteiger partial charge in [-0.15, -0.1) is 0 Å². The highest BCUT2D eigenvalue weighted by Gasteiger charge is 2.22. The molecule has 0 radical (unpaired) electrons. The van der Waals surface area contributed by atoms with Gasteiger partial charge in [0.2, 0.25) is 0 Å². The fraction of sp³-hybridized carbons (Fsp3) is 0.304. The number of anilines is 1. The number of carboxylic acid groups (broad SMARTS) is 1. The number of hydrogen-bond donors (Lipinski definition) is 3. The Balaban J connectivity index is 1.82. The van der Waals surface area contributed by atoms with Gasteiger partial charge in [-0.2, -0.15) is 0 Å². The van der Waals surface area contributed by atoms with E-state index in [1.165, 1.54) is 16.7 Å². The van der Waals surface area contributed by atoms with E-state index < -0.39 is 5.97 Å². The van der Waals surface area contributed by atoms with Crippen molar-refractivity contribution in [2.24, 2.45) is 0 Å². The molecule has 0 spiro atoms. The average molecular weight is 412 g/mol. The van der Waals surface area contributed by atoms with Crippen LogP contribution in [0.15, 0.2) is 53.3 Å². The van der Waals surface area contributed by atoms with E-state index in [0.717, 1.165) is 30.0 Å². The Kier molecular flexibility index (Phi) is 6.60. The van der Waals surface area contributed by atoms with Crippen molar-refractivity contribution >= 4 is 29.0 Å². The standard InChI is InChI=1S/C23H26ClN3O2/c1-15-3-8-20(9-4-15)26-23(22(24)16(2)25)27-12-11-18-13-17(6-10-21(28)29)5-7-19(18)14-27/h3-5,7-9,13,25-26H,6,10-12,14H2,1-2H3,(H,28,29)/b23-22-,25-16?. The predicted molar refractivity (Wildman–Crippen MR) is 118 cm³/mol. The topological polar surface area (TPSA) is 76.4 Å². The van der Waals surface area contributed by atoms with E-state index in [1.54, 1.807) is 6.92 Å². The van der Waals surface area contributed by atoms with E-state index >= 15 is 0 Å². The first-order chi connectivity index (χ1) is 13.8. The summed E-state index contributed by atoms with van der Waals surface area (Å²) in [5.41, 5.74) is 5.94. The molecular weight excluding hydrogens is 386 g/mol. The van der Waals surface area contributed by atoms with Crippen LogP contribution in [0.2, 0.25) is 0 Å². The molecule has 0 atom stereocenters. The lowest BCUT2D eigenvalue weighted by Crippen LogP contribution is -2.34. The van der Waals surface area contributed by atoms with Crippen molar-refractivity contribution in [2.75, 3.05) is 11.9 Å². The van der Waals surface area contributed by atoms with Crippen LogP contribution in [0.3, 0.4) is 0 Å². The van der Waals surface area contributed by atoms with Crippen LogP contribution in [0, 0.1) is 12.3 Å². The number of fused-ring (bicyclic) bond motifs is 1. The molecule has 0 amide bonds. The van der Waals surface area contributed by atoms with Gasteiger partial charge >= 0.3 is 5.97 Å². The number of carboxylic acids is 1. The van der Waals surface area contributed by atoms with E-state index in [2.05, 4.69) is 22.3 Å². The molecule has 1 aliphatic rings. The van der Waals surface area contributed by atoms with E-state index in [9.17, 15) is 4.79 Å². The van der Waals surface area contributed by atoms with Crippen LogP contribution in [0.4, 0.5) is 5.69 Å². The number of hydrogen-bond acceptors (Lipinski definition) is 4. The van der Waals surface area contributed by atoms with Crippen molar-refractivity contribution in [1.29, 1.82) is 5.41 Å². The lowest BCUT2D eigenvalue weighted by molar-refractivity contribution is -0.136. The van der Waals surface area contributed by atoms with Gasteiger partial charge in [0.15, 0.2) is 0 Å². The van der Waals surface area contributed by atoms with E-state index in [1.807, 2.05) is 37.3 Å².